The minimum atomic E-state index is -0.103. The zero-order chi connectivity index (χ0) is 17.8. The summed E-state index contributed by atoms with van der Waals surface area (Å²) in [5.74, 6) is 1.77. The Morgan fingerprint density at radius 1 is 1.28 bits per heavy atom. The third kappa shape index (κ3) is 4.28. The van der Waals surface area contributed by atoms with E-state index >= 15 is 0 Å². The lowest BCUT2D eigenvalue weighted by Crippen LogP contribution is -2.17. The normalized spacial score (nSPS) is 11.0. The van der Waals surface area contributed by atoms with Crippen LogP contribution in [0.3, 0.4) is 0 Å². The molecule has 130 valence electrons. The highest BCUT2D eigenvalue weighted by molar-refractivity contribution is 6.30. The van der Waals surface area contributed by atoms with Crippen LogP contribution in [-0.2, 0) is 11.2 Å². The van der Waals surface area contributed by atoms with E-state index in [9.17, 15) is 4.79 Å². The van der Waals surface area contributed by atoms with Gasteiger partial charge in [-0.3, -0.25) is 4.79 Å². The summed E-state index contributed by atoms with van der Waals surface area (Å²) in [6.07, 6.45) is 4.03. The average Bonchev–Trinajstić information content (AvgIpc) is 3.23. The number of oxazole rings is 1. The molecule has 0 spiro atoms. The highest BCUT2D eigenvalue weighted by Crippen LogP contribution is 2.22. The number of anilines is 1. The fraction of sp³-hybridized carbons (Fsp3) is 0.278. The van der Waals surface area contributed by atoms with Crippen molar-refractivity contribution in [3.05, 3.63) is 53.6 Å². The molecule has 0 bridgehead atoms. The first-order valence-electron chi connectivity index (χ1n) is 8.07. The van der Waals surface area contributed by atoms with Gasteiger partial charge in [-0.25, -0.2) is 9.67 Å². The maximum Gasteiger partial charge on any atom is 0.226 e. The lowest BCUT2D eigenvalue weighted by Gasteiger charge is -2.11. The molecule has 3 aromatic rings. The van der Waals surface area contributed by atoms with Crippen molar-refractivity contribution >= 4 is 23.3 Å². The Morgan fingerprint density at radius 3 is 2.76 bits per heavy atom. The number of halogens is 1. The molecule has 0 atom stereocenters. The number of aryl methyl sites for hydroxylation is 1. The summed E-state index contributed by atoms with van der Waals surface area (Å²) >= 11 is 5.88. The monoisotopic (exact) mass is 358 g/mol. The number of rotatable bonds is 6. The molecule has 1 N–H and O–H groups in total. The van der Waals surface area contributed by atoms with E-state index in [0.29, 0.717) is 28.9 Å². The highest BCUT2D eigenvalue weighted by Gasteiger charge is 2.12. The van der Waals surface area contributed by atoms with E-state index in [2.05, 4.69) is 15.4 Å². The molecule has 0 aliphatic heterocycles. The second kappa shape index (κ2) is 7.53. The van der Waals surface area contributed by atoms with Gasteiger partial charge in [0.25, 0.3) is 0 Å². The number of benzene rings is 1. The Kier molecular flexibility index (Phi) is 5.19. The quantitative estimate of drug-likeness (QED) is 0.711. The van der Waals surface area contributed by atoms with E-state index in [1.165, 1.54) is 0 Å². The molecule has 0 aliphatic carbocycles. The molecule has 0 radical (unpaired) electrons. The van der Waals surface area contributed by atoms with Crippen molar-refractivity contribution < 1.29 is 9.21 Å². The van der Waals surface area contributed by atoms with Gasteiger partial charge in [0.1, 0.15) is 5.82 Å². The maximum absolute atomic E-state index is 12.1. The molecule has 1 aromatic carbocycles. The smallest absolute Gasteiger partial charge is 0.226 e. The second-order valence-electron chi connectivity index (χ2n) is 5.93. The molecule has 6 nitrogen and oxygen atoms in total. The van der Waals surface area contributed by atoms with Gasteiger partial charge in [-0.15, -0.1) is 0 Å². The van der Waals surface area contributed by atoms with Crippen LogP contribution in [0.25, 0.3) is 11.3 Å². The third-order valence-electron chi connectivity index (χ3n) is 3.68. The van der Waals surface area contributed by atoms with Crippen molar-refractivity contribution in [2.75, 3.05) is 5.32 Å². The van der Waals surface area contributed by atoms with E-state index in [1.54, 1.807) is 35.3 Å². The predicted octanol–water partition coefficient (Wildman–Crippen LogP) is 4.34. The van der Waals surface area contributed by atoms with Gasteiger partial charge in [0, 0.05) is 35.5 Å². The van der Waals surface area contributed by atoms with Gasteiger partial charge < -0.3 is 9.73 Å². The molecule has 0 saturated carbocycles. The van der Waals surface area contributed by atoms with E-state index in [-0.39, 0.29) is 18.4 Å². The number of aromatic nitrogens is 3. The van der Waals surface area contributed by atoms with Crippen LogP contribution >= 0.6 is 11.6 Å². The largest absolute Gasteiger partial charge is 0.441 e. The van der Waals surface area contributed by atoms with Gasteiger partial charge in [0.15, 0.2) is 11.7 Å². The lowest BCUT2D eigenvalue weighted by atomic mass is 10.2. The number of nitrogens with one attached hydrogen (secondary N) is 1. The molecule has 7 heteroatoms. The van der Waals surface area contributed by atoms with Crippen LogP contribution in [0.4, 0.5) is 5.82 Å². The van der Waals surface area contributed by atoms with Gasteiger partial charge in [0.05, 0.1) is 12.4 Å². The summed E-state index contributed by atoms with van der Waals surface area (Å²) in [5.41, 5.74) is 0.897. The van der Waals surface area contributed by atoms with Crippen molar-refractivity contribution in [2.45, 2.75) is 32.7 Å². The van der Waals surface area contributed by atoms with Gasteiger partial charge in [-0.05, 0) is 38.1 Å². The Labute approximate surface area is 150 Å². The molecule has 0 saturated heterocycles. The molecule has 3 rings (SSSR count). The van der Waals surface area contributed by atoms with Gasteiger partial charge >= 0.3 is 0 Å². The number of hydrogen-bond donors (Lipinski definition) is 1. The zero-order valence-corrected chi connectivity index (χ0v) is 14.8. The summed E-state index contributed by atoms with van der Waals surface area (Å²) in [5, 5.41) is 7.72. The van der Waals surface area contributed by atoms with Crippen molar-refractivity contribution in [2.24, 2.45) is 0 Å². The molecule has 2 heterocycles. The summed E-state index contributed by atoms with van der Waals surface area (Å²) in [6, 6.07) is 9.29. The van der Waals surface area contributed by atoms with Crippen LogP contribution in [0, 0.1) is 0 Å². The first-order chi connectivity index (χ1) is 12.0. The summed E-state index contributed by atoms with van der Waals surface area (Å²) in [7, 11) is 0. The number of nitrogens with zero attached hydrogens (tertiary/aromatic N) is 3. The van der Waals surface area contributed by atoms with E-state index in [0.717, 1.165) is 5.56 Å². The van der Waals surface area contributed by atoms with Crippen LogP contribution in [0.5, 0.6) is 0 Å². The second-order valence-corrected chi connectivity index (χ2v) is 6.36. The SMILES string of the molecule is CC(C)n1nccc1NC(=O)CCc1ncc(-c2ccc(Cl)cc2)o1. The average molecular weight is 359 g/mol. The minimum Gasteiger partial charge on any atom is -0.441 e. The molecule has 0 unspecified atom stereocenters. The molecule has 0 aliphatic rings. The summed E-state index contributed by atoms with van der Waals surface area (Å²) < 4.78 is 7.47. The van der Waals surface area contributed by atoms with Crippen molar-refractivity contribution in [3.63, 3.8) is 0 Å². The van der Waals surface area contributed by atoms with Crippen LogP contribution in [0.1, 0.15) is 32.2 Å². The minimum absolute atomic E-state index is 0.103. The molecular formula is C18H19ClN4O2. The number of hydrogen-bond acceptors (Lipinski definition) is 4. The lowest BCUT2D eigenvalue weighted by molar-refractivity contribution is -0.116. The van der Waals surface area contributed by atoms with Crippen molar-refractivity contribution in [3.8, 4) is 11.3 Å². The van der Waals surface area contributed by atoms with E-state index in [1.807, 2.05) is 26.0 Å². The van der Waals surface area contributed by atoms with E-state index in [4.69, 9.17) is 16.0 Å². The topological polar surface area (TPSA) is 73.0 Å². The summed E-state index contributed by atoms with van der Waals surface area (Å²) in [4.78, 5) is 16.4. The standard InChI is InChI=1S/C18H19ClN4O2/c1-12(2)23-16(9-10-21-23)22-17(24)7-8-18-20-11-15(25-18)13-3-5-14(19)6-4-13/h3-6,9-12H,7-8H2,1-2H3,(H,22,24). The number of carbonyl (C=O) groups is 1. The zero-order valence-electron chi connectivity index (χ0n) is 14.1. The predicted molar refractivity (Wildman–Crippen MR) is 96.5 cm³/mol. The molecule has 0 fully saturated rings. The Hall–Kier alpha value is -2.60. The first-order valence-corrected chi connectivity index (χ1v) is 8.44. The third-order valence-corrected chi connectivity index (χ3v) is 3.93. The number of carbonyl (C=O) groups excluding carboxylic acids is 1. The molecule has 25 heavy (non-hydrogen) atoms. The van der Waals surface area contributed by atoms with Gasteiger partial charge in [-0.2, -0.15) is 5.10 Å². The molecular weight excluding hydrogens is 340 g/mol. The Bertz CT molecular complexity index is 852. The van der Waals surface area contributed by atoms with Crippen LogP contribution in [0.15, 0.2) is 47.1 Å². The molecule has 2 aromatic heterocycles. The van der Waals surface area contributed by atoms with Gasteiger partial charge in [-0.1, -0.05) is 11.6 Å². The molecule has 1 amide bonds. The fourth-order valence-corrected chi connectivity index (χ4v) is 2.55. The maximum atomic E-state index is 12.1. The Balaban J connectivity index is 1.57. The number of amides is 1. The Morgan fingerprint density at radius 2 is 2.04 bits per heavy atom. The highest BCUT2D eigenvalue weighted by atomic mass is 35.5. The van der Waals surface area contributed by atoms with Crippen molar-refractivity contribution in [1.82, 2.24) is 14.8 Å². The van der Waals surface area contributed by atoms with Crippen LogP contribution in [0.2, 0.25) is 5.02 Å². The summed E-state index contributed by atoms with van der Waals surface area (Å²) in [6.45, 7) is 4.02. The van der Waals surface area contributed by atoms with Crippen LogP contribution < -0.4 is 5.32 Å². The van der Waals surface area contributed by atoms with Gasteiger partial charge in [0.2, 0.25) is 5.91 Å². The van der Waals surface area contributed by atoms with E-state index < -0.39 is 0 Å². The van der Waals surface area contributed by atoms with Crippen LogP contribution in [-0.4, -0.2) is 20.7 Å². The first kappa shape index (κ1) is 17.2. The fourth-order valence-electron chi connectivity index (χ4n) is 2.42. The van der Waals surface area contributed by atoms with Crippen molar-refractivity contribution in [1.29, 1.82) is 0 Å².